The van der Waals surface area contributed by atoms with Crippen LogP contribution in [0.4, 0.5) is 5.69 Å². The monoisotopic (exact) mass is 206 g/mol. The molecule has 0 aliphatic heterocycles. The maximum absolute atomic E-state index is 8.66. The fourth-order valence-electron chi connectivity index (χ4n) is 1.09. The molecule has 4 heteroatoms. The normalized spacial score (nSPS) is 8.93. The SMILES string of the molecule is COc1ccccc1N(C)C(=S)C#N. The summed E-state index contributed by atoms with van der Waals surface area (Å²) in [6.07, 6.45) is 0. The van der Waals surface area contributed by atoms with Gasteiger partial charge in [-0.2, -0.15) is 5.26 Å². The van der Waals surface area contributed by atoms with Gasteiger partial charge in [0.1, 0.15) is 11.8 Å². The molecule has 0 unspecified atom stereocenters. The zero-order valence-electron chi connectivity index (χ0n) is 8.02. The molecule has 0 N–H and O–H groups in total. The third-order valence-corrected chi connectivity index (χ3v) is 2.21. The minimum absolute atomic E-state index is 0.217. The number of hydrogen-bond donors (Lipinski definition) is 0. The second-order valence-corrected chi connectivity index (χ2v) is 3.03. The van der Waals surface area contributed by atoms with E-state index in [1.54, 1.807) is 19.1 Å². The molecule has 0 saturated carbocycles. The van der Waals surface area contributed by atoms with Crippen molar-refractivity contribution in [3.8, 4) is 11.8 Å². The molecule has 0 amide bonds. The molecule has 0 radical (unpaired) electrons. The molecule has 1 rings (SSSR count). The molecule has 0 bridgehead atoms. The van der Waals surface area contributed by atoms with E-state index in [2.05, 4.69) is 0 Å². The summed E-state index contributed by atoms with van der Waals surface area (Å²) in [4.78, 5) is 1.84. The van der Waals surface area contributed by atoms with Gasteiger partial charge in [0.2, 0.25) is 0 Å². The van der Waals surface area contributed by atoms with Crippen LogP contribution in [0.3, 0.4) is 0 Å². The number of ether oxygens (including phenoxy) is 1. The summed E-state index contributed by atoms with van der Waals surface area (Å²) in [7, 11) is 3.32. The predicted molar refractivity (Wildman–Crippen MR) is 59.6 cm³/mol. The van der Waals surface area contributed by atoms with Crippen molar-refractivity contribution in [2.75, 3.05) is 19.1 Å². The molecule has 72 valence electrons. The molecule has 1 aromatic rings. The van der Waals surface area contributed by atoms with Crippen molar-refractivity contribution in [1.29, 1.82) is 5.26 Å². The Hall–Kier alpha value is -1.60. The Morgan fingerprint density at radius 2 is 2.14 bits per heavy atom. The van der Waals surface area contributed by atoms with Crippen LogP contribution in [0.25, 0.3) is 0 Å². The second kappa shape index (κ2) is 4.58. The molecule has 0 fully saturated rings. The number of methoxy groups -OCH3 is 1. The van der Waals surface area contributed by atoms with Crippen LogP contribution in [0, 0.1) is 11.3 Å². The van der Waals surface area contributed by atoms with Gasteiger partial charge in [-0.3, -0.25) is 0 Å². The molecule has 0 aliphatic carbocycles. The Morgan fingerprint density at radius 3 is 2.71 bits per heavy atom. The van der Waals surface area contributed by atoms with E-state index < -0.39 is 0 Å². The molecule has 0 aliphatic rings. The lowest BCUT2D eigenvalue weighted by molar-refractivity contribution is 0.416. The van der Waals surface area contributed by atoms with Crippen molar-refractivity contribution in [1.82, 2.24) is 0 Å². The molecular formula is C10H10N2OS. The fraction of sp³-hybridized carbons (Fsp3) is 0.200. The number of anilines is 1. The van der Waals surface area contributed by atoms with Gasteiger partial charge in [0.25, 0.3) is 0 Å². The van der Waals surface area contributed by atoms with E-state index in [0.29, 0.717) is 5.75 Å². The first kappa shape index (κ1) is 10.5. The zero-order chi connectivity index (χ0) is 10.6. The smallest absolute Gasteiger partial charge is 0.185 e. The summed E-state index contributed by atoms with van der Waals surface area (Å²) in [6.45, 7) is 0. The van der Waals surface area contributed by atoms with Crippen LogP contribution >= 0.6 is 12.2 Å². The number of nitrogens with zero attached hydrogens (tertiary/aromatic N) is 2. The van der Waals surface area contributed by atoms with Gasteiger partial charge in [0.15, 0.2) is 4.99 Å². The van der Waals surface area contributed by atoms with Crippen LogP contribution in [-0.4, -0.2) is 19.1 Å². The van der Waals surface area contributed by atoms with Gasteiger partial charge >= 0.3 is 0 Å². The van der Waals surface area contributed by atoms with Gasteiger partial charge in [-0.15, -0.1) is 0 Å². The predicted octanol–water partition coefficient (Wildman–Crippen LogP) is 1.98. The summed E-state index contributed by atoms with van der Waals surface area (Å²) in [5.41, 5.74) is 0.793. The minimum atomic E-state index is 0.217. The third-order valence-electron chi connectivity index (χ3n) is 1.85. The van der Waals surface area contributed by atoms with Crippen molar-refractivity contribution in [2.45, 2.75) is 0 Å². The highest BCUT2D eigenvalue weighted by atomic mass is 32.1. The topological polar surface area (TPSA) is 36.3 Å². The van der Waals surface area contributed by atoms with E-state index in [-0.39, 0.29) is 4.99 Å². The number of para-hydroxylation sites is 2. The Labute approximate surface area is 88.5 Å². The van der Waals surface area contributed by atoms with Crippen LogP contribution in [0.5, 0.6) is 5.75 Å². The Morgan fingerprint density at radius 1 is 1.50 bits per heavy atom. The molecule has 0 aromatic heterocycles. The molecule has 3 nitrogen and oxygen atoms in total. The highest BCUT2D eigenvalue weighted by molar-refractivity contribution is 7.81. The van der Waals surface area contributed by atoms with Gasteiger partial charge in [0.05, 0.1) is 12.8 Å². The average molecular weight is 206 g/mol. The maximum atomic E-state index is 8.66. The van der Waals surface area contributed by atoms with E-state index in [1.165, 1.54) is 0 Å². The van der Waals surface area contributed by atoms with Crippen LogP contribution < -0.4 is 9.64 Å². The number of hydrogen-bond acceptors (Lipinski definition) is 3. The van der Waals surface area contributed by atoms with Crippen LogP contribution in [0.2, 0.25) is 0 Å². The Balaban J connectivity index is 3.07. The lowest BCUT2D eigenvalue weighted by Gasteiger charge is -2.18. The number of nitriles is 1. The number of rotatable bonds is 2. The molecule has 1 aromatic carbocycles. The van der Waals surface area contributed by atoms with Gasteiger partial charge in [0, 0.05) is 7.05 Å². The van der Waals surface area contributed by atoms with E-state index in [1.807, 2.05) is 30.3 Å². The van der Waals surface area contributed by atoms with Crippen LogP contribution in [-0.2, 0) is 0 Å². The number of thiocarbonyl (C=S) groups is 1. The van der Waals surface area contributed by atoms with E-state index >= 15 is 0 Å². The summed E-state index contributed by atoms with van der Waals surface area (Å²) in [6, 6.07) is 9.33. The highest BCUT2D eigenvalue weighted by Crippen LogP contribution is 2.26. The Kier molecular flexibility index (Phi) is 3.43. The van der Waals surface area contributed by atoms with Gasteiger partial charge in [-0.05, 0) is 24.4 Å². The first-order valence-electron chi connectivity index (χ1n) is 4.01. The minimum Gasteiger partial charge on any atom is -0.495 e. The molecular weight excluding hydrogens is 196 g/mol. The van der Waals surface area contributed by atoms with E-state index in [9.17, 15) is 0 Å². The van der Waals surface area contributed by atoms with Crippen molar-refractivity contribution in [3.05, 3.63) is 24.3 Å². The van der Waals surface area contributed by atoms with Gasteiger partial charge in [-0.1, -0.05) is 12.1 Å². The maximum Gasteiger partial charge on any atom is 0.185 e. The van der Waals surface area contributed by atoms with Gasteiger partial charge in [-0.25, -0.2) is 0 Å². The molecule has 14 heavy (non-hydrogen) atoms. The largest absolute Gasteiger partial charge is 0.495 e. The van der Waals surface area contributed by atoms with Crippen LogP contribution in [0.1, 0.15) is 0 Å². The summed E-state index contributed by atoms with van der Waals surface area (Å²) < 4.78 is 5.15. The molecule has 0 spiro atoms. The molecule has 0 atom stereocenters. The van der Waals surface area contributed by atoms with E-state index in [0.717, 1.165) is 5.69 Å². The zero-order valence-corrected chi connectivity index (χ0v) is 8.84. The van der Waals surface area contributed by atoms with Crippen LogP contribution in [0.15, 0.2) is 24.3 Å². The summed E-state index contributed by atoms with van der Waals surface area (Å²) in [5.74, 6) is 0.701. The van der Waals surface area contributed by atoms with Gasteiger partial charge < -0.3 is 9.64 Å². The summed E-state index contributed by atoms with van der Waals surface area (Å²) in [5, 5.41) is 8.66. The van der Waals surface area contributed by atoms with Crippen molar-refractivity contribution in [3.63, 3.8) is 0 Å². The highest BCUT2D eigenvalue weighted by Gasteiger charge is 2.10. The number of benzene rings is 1. The average Bonchev–Trinajstić information content (AvgIpc) is 2.26. The molecule has 0 saturated heterocycles. The quantitative estimate of drug-likeness (QED) is 0.693. The standard InChI is InChI=1S/C10H10N2OS/c1-12(10(14)7-11)8-5-3-4-6-9(8)13-2/h3-6H,1-2H3. The fourth-order valence-corrected chi connectivity index (χ4v) is 1.19. The summed E-state index contributed by atoms with van der Waals surface area (Å²) >= 11 is 4.88. The first-order valence-corrected chi connectivity index (χ1v) is 4.42. The van der Waals surface area contributed by atoms with Crippen molar-refractivity contribution < 1.29 is 4.74 Å². The first-order chi connectivity index (χ1) is 6.70. The molecule has 0 heterocycles. The lowest BCUT2D eigenvalue weighted by Crippen LogP contribution is -2.22. The Bertz CT molecular complexity index is 384. The third kappa shape index (κ3) is 2.01. The van der Waals surface area contributed by atoms with Crippen molar-refractivity contribution in [2.24, 2.45) is 0 Å². The van der Waals surface area contributed by atoms with E-state index in [4.69, 9.17) is 22.2 Å². The van der Waals surface area contributed by atoms with Crippen molar-refractivity contribution >= 4 is 22.9 Å². The lowest BCUT2D eigenvalue weighted by atomic mass is 10.2. The second-order valence-electron chi connectivity index (χ2n) is 2.65.